The number of hydrogen-bond donors (Lipinski definition) is 2. The van der Waals surface area contributed by atoms with Gasteiger partial charge in [0, 0.05) is 11.8 Å². The van der Waals surface area contributed by atoms with Gasteiger partial charge in [0.2, 0.25) is 5.91 Å². The van der Waals surface area contributed by atoms with Crippen LogP contribution in [0.2, 0.25) is 0 Å². The van der Waals surface area contributed by atoms with Crippen molar-refractivity contribution in [2.75, 3.05) is 6.61 Å². The number of fused-ring (bicyclic) bond motifs is 3. The number of ether oxygens (including phenoxy) is 1. The first-order chi connectivity index (χ1) is 25.0. The van der Waals surface area contributed by atoms with Crippen LogP contribution < -0.4 is 10.6 Å². The maximum Gasteiger partial charge on any atom is 0.407 e. The zero-order valence-corrected chi connectivity index (χ0v) is 29.5. The lowest BCUT2D eigenvalue weighted by molar-refractivity contribution is -0.122. The minimum atomic E-state index is -1.00. The molecule has 0 fully saturated rings. The average Bonchev–Trinajstić information content (AvgIpc) is 3.80. The van der Waals surface area contributed by atoms with E-state index >= 15 is 0 Å². The second-order valence-corrected chi connectivity index (χ2v) is 14.0. The molecule has 0 saturated carbocycles. The molecule has 1 aliphatic carbocycles. The standard InChI is InChI=1S/C43H40N4O3S/c1-3-29(2)40-46-47-41(51-40)38(44-42(49)50-28-37-35-25-15-13-23-33(35)34-24-14-16-26-36(34)37)27-39(48)45-43(30-17-7-4-8-18-30,31-19-9-5-10-20-31)32-21-11-6-12-22-32/h4-26,29,37-38H,3,27-28H2,1-2H3,(H,44,49)(H,45,48)/t29-,38-/m0/s1. The van der Waals surface area contributed by atoms with E-state index in [2.05, 4.69) is 58.9 Å². The number of amides is 2. The van der Waals surface area contributed by atoms with E-state index in [9.17, 15) is 9.59 Å². The van der Waals surface area contributed by atoms with E-state index in [1.807, 2.05) is 115 Å². The summed E-state index contributed by atoms with van der Waals surface area (Å²) in [5, 5.41) is 16.8. The summed E-state index contributed by atoms with van der Waals surface area (Å²) in [6.45, 7) is 4.35. The Labute approximate surface area is 302 Å². The highest BCUT2D eigenvalue weighted by Gasteiger charge is 2.39. The van der Waals surface area contributed by atoms with Crippen LogP contribution in [-0.2, 0) is 15.1 Å². The summed E-state index contributed by atoms with van der Waals surface area (Å²) in [6.07, 6.45) is 0.205. The average molecular weight is 693 g/mol. The summed E-state index contributed by atoms with van der Waals surface area (Å²) in [5.41, 5.74) is 6.29. The molecule has 0 unspecified atom stereocenters. The highest BCUT2D eigenvalue weighted by atomic mass is 32.1. The summed E-state index contributed by atoms with van der Waals surface area (Å²) >= 11 is 1.42. The van der Waals surface area contributed by atoms with E-state index in [1.165, 1.54) is 11.3 Å². The van der Waals surface area contributed by atoms with Crippen molar-refractivity contribution >= 4 is 23.3 Å². The maximum atomic E-state index is 14.4. The van der Waals surface area contributed by atoms with Crippen molar-refractivity contribution in [1.29, 1.82) is 0 Å². The molecule has 51 heavy (non-hydrogen) atoms. The molecule has 2 atom stereocenters. The van der Waals surface area contributed by atoms with Crippen LogP contribution in [-0.4, -0.2) is 28.8 Å². The second kappa shape index (κ2) is 15.1. The molecular formula is C43H40N4O3S. The highest BCUT2D eigenvalue weighted by molar-refractivity contribution is 7.11. The zero-order chi connectivity index (χ0) is 35.2. The Morgan fingerprint density at radius 2 is 1.18 bits per heavy atom. The quantitative estimate of drug-likeness (QED) is 0.125. The van der Waals surface area contributed by atoms with Gasteiger partial charge in [-0.2, -0.15) is 0 Å². The minimum absolute atomic E-state index is 0.0758. The molecule has 256 valence electrons. The summed E-state index contributed by atoms with van der Waals surface area (Å²) in [6, 6.07) is 45.6. The van der Waals surface area contributed by atoms with E-state index in [-0.39, 0.29) is 30.8 Å². The predicted molar refractivity (Wildman–Crippen MR) is 202 cm³/mol. The lowest BCUT2D eigenvalue weighted by atomic mass is 9.77. The van der Waals surface area contributed by atoms with Gasteiger partial charge in [-0.3, -0.25) is 4.79 Å². The number of carbonyl (C=O) groups excluding carboxylic acids is 2. The summed E-state index contributed by atoms with van der Waals surface area (Å²) in [5.74, 6) is -0.162. The summed E-state index contributed by atoms with van der Waals surface area (Å²) in [7, 11) is 0. The zero-order valence-electron chi connectivity index (χ0n) is 28.7. The fourth-order valence-electron chi connectivity index (χ4n) is 6.97. The SMILES string of the molecule is CC[C@H](C)c1nnc([C@H](CC(=O)NC(c2ccccc2)(c2ccccc2)c2ccccc2)NC(=O)OCC2c3ccccc3-c3ccccc32)s1. The van der Waals surface area contributed by atoms with Crippen LogP contribution in [0.4, 0.5) is 4.79 Å². The van der Waals surface area contributed by atoms with E-state index in [1.54, 1.807) is 0 Å². The van der Waals surface area contributed by atoms with E-state index in [0.29, 0.717) is 5.01 Å². The van der Waals surface area contributed by atoms with Gasteiger partial charge in [-0.05, 0) is 45.4 Å². The third kappa shape index (κ3) is 6.92. The molecule has 2 amide bonds. The van der Waals surface area contributed by atoms with E-state index in [4.69, 9.17) is 4.74 Å². The van der Waals surface area contributed by atoms with Gasteiger partial charge < -0.3 is 15.4 Å². The van der Waals surface area contributed by atoms with Crippen molar-refractivity contribution in [2.24, 2.45) is 0 Å². The highest BCUT2D eigenvalue weighted by Crippen LogP contribution is 2.44. The Morgan fingerprint density at radius 3 is 1.69 bits per heavy atom. The second-order valence-electron chi connectivity index (χ2n) is 12.9. The first-order valence-electron chi connectivity index (χ1n) is 17.4. The van der Waals surface area contributed by atoms with Crippen LogP contribution in [0.5, 0.6) is 0 Å². The molecule has 6 aromatic rings. The first-order valence-corrected chi connectivity index (χ1v) is 18.2. The number of rotatable bonds is 12. The van der Waals surface area contributed by atoms with Gasteiger partial charge >= 0.3 is 6.09 Å². The van der Waals surface area contributed by atoms with Crippen molar-refractivity contribution < 1.29 is 14.3 Å². The van der Waals surface area contributed by atoms with Gasteiger partial charge in [0.15, 0.2) is 0 Å². The topological polar surface area (TPSA) is 93.2 Å². The van der Waals surface area contributed by atoms with Gasteiger partial charge in [-0.15, -0.1) is 10.2 Å². The Morgan fingerprint density at radius 1 is 0.706 bits per heavy atom. The normalized spacial score (nSPS) is 13.5. The third-order valence-electron chi connectivity index (χ3n) is 9.76. The summed E-state index contributed by atoms with van der Waals surface area (Å²) in [4.78, 5) is 28.1. The Bertz CT molecular complexity index is 1960. The lowest BCUT2D eigenvalue weighted by Gasteiger charge is -2.37. The molecule has 1 aromatic heterocycles. The molecular weight excluding hydrogens is 653 g/mol. The monoisotopic (exact) mass is 692 g/mol. The number of alkyl carbamates (subject to hydrolysis) is 1. The number of aromatic nitrogens is 2. The third-order valence-corrected chi connectivity index (χ3v) is 11.0. The van der Waals surface area contributed by atoms with Crippen molar-refractivity contribution in [3.05, 3.63) is 177 Å². The van der Waals surface area contributed by atoms with Crippen LogP contribution in [0.25, 0.3) is 11.1 Å². The molecule has 0 spiro atoms. The smallest absolute Gasteiger partial charge is 0.407 e. The van der Waals surface area contributed by atoms with Crippen LogP contribution >= 0.6 is 11.3 Å². The van der Waals surface area contributed by atoms with Crippen LogP contribution in [0, 0.1) is 0 Å². The number of benzene rings is 5. The number of nitrogens with one attached hydrogen (secondary N) is 2. The van der Waals surface area contributed by atoms with Crippen molar-refractivity contribution in [3.8, 4) is 11.1 Å². The van der Waals surface area contributed by atoms with E-state index in [0.717, 1.165) is 50.4 Å². The van der Waals surface area contributed by atoms with Gasteiger partial charge in [0.1, 0.15) is 22.2 Å². The Balaban J connectivity index is 1.17. The van der Waals surface area contributed by atoms with Crippen LogP contribution in [0.15, 0.2) is 140 Å². The van der Waals surface area contributed by atoms with Crippen molar-refractivity contribution in [2.45, 2.75) is 50.1 Å². The fourth-order valence-corrected chi connectivity index (χ4v) is 8.00. The van der Waals surface area contributed by atoms with Crippen LogP contribution in [0.3, 0.4) is 0 Å². The Hall–Kier alpha value is -5.60. The molecule has 5 aromatic carbocycles. The molecule has 2 N–H and O–H groups in total. The molecule has 0 bridgehead atoms. The minimum Gasteiger partial charge on any atom is -0.449 e. The van der Waals surface area contributed by atoms with Gasteiger partial charge in [-0.1, -0.05) is 165 Å². The molecule has 7 nitrogen and oxygen atoms in total. The molecule has 1 heterocycles. The van der Waals surface area contributed by atoms with Gasteiger partial charge in [-0.25, -0.2) is 4.79 Å². The van der Waals surface area contributed by atoms with Gasteiger partial charge in [0.05, 0.1) is 12.5 Å². The number of nitrogens with zero attached hydrogens (tertiary/aromatic N) is 2. The predicted octanol–water partition coefficient (Wildman–Crippen LogP) is 9.13. The van der Waals surface area contributed by atoms with E-state index < -0.39 is 17.7 Å². The lowest BCUT2D eigenvalue weighted by Crippen LogP contribution is -2.48. The fraction of sp³-hybridized carbons (Fsp3) is 0.209. The van der Waals surface area contributed by atoms with Gasteiger partial charge in [0.25, 0.3) is 0 Å². The molecule has 8 heteroatoms. The van der Waals surface area contributed by atoms with Crippen molar-refractivity contribution in [1.82, 2.24) is 20.8 Å². The number of carbonyl (C=O) groups is 2. The molecule has 7 rings (SSSR count). The molecule has 0 saturated heterocycles. The molecule has 0 radical (unpaired) electrons. The number of hydrogen-bond acceptors (Lipinski definition) is 6. The maximum absolute atomic E-state index is 14.4. The molecule has 0 aliphatic heterocycles. The summed E-state index contributed by atoms with van der Waals surface area (Å²) < 4.78 is 5.93. The van der Waals surface area contributed by atoms with Crippen molar-refractivity contribution in [3.63, 3.8) is 0 Å². The van der Waals surface area contributed by atoms with Crippen LogP contribution in [0.1, 0.15) is 82.4 Å². The molecule has 1 aliphatic rings. The Kier molecular flexibility index (Phi) is 10.0. The largest absolute Gasteiger partial charge is 0.449 e. The first kappa shape index (κ1) is 33.9.